The Morgan fingerprint density at radius 2 is 0.782 bits per heavy atom. The number of aromatic nitrogens is 5. The molecular weight excluding hydrogens is 1590 g/mol. The van der Waals surface area contributed by atoms with E-state index in [1.807, 2.05) is 65.8 Å². The second-order valence-corrected chi connectivity index (χ2v) is 43.2. The molecule has 3 heterocycles. The molecule has 0 radical (unpaired) electrons. The van der Waals surface area contributed by atoms with Crippen LogP contribution in [0.25, 0.3) is 27.9 Å². The van der Waals surface area contributed by atoms with Crippen molar-refractivity contribution in [3.63, 3.8) is 0 Å². The number of pyridine rings is 2. The van der Waals surface area contributed by atoms with Crippen LogP contribution >= 0.6 is 0 Å². The van der Waals surface area contributed by atoms with Gasteiger partial charge in [-0.05, 0) is 209 Å². The lowest BCUT2D eigenvalue weighted by molar-refractivity contribution is 0.234. The predicted octanol–water partition coefficient (Wildman–Crippen LogP) is 13.8. The number of aryl methyl sites for hydroxylation is 2. The molecule has 0 saturated carbocycles. The van der Waals surface area contributed by atoms with E-state index in [-0.39, 0.29) is 84.6 Å². The Bertz CT molecular complexity index is 4680. The summed E-state index contributed by atoms with van der Waals surface area (Å²) in [6.45, 7) is 32.7. The van der Waals surface area contributed by atoms with Crippen LogP contribution in [0, 0.1) is 43.5 Å². The molecule has 36 heteroatoms. The SMILES string of the molecule is C.C.C.C=S(C)(=O)CC(C)C.CC(C)CS(=O)(=O)C(F)F.CC(C)CS(=O)(=O)CF.CC(C)CS(C)(=O)=O.CC(C)NS(=O)(=O)c1ccc(-c2ccnc(F)c2)cc1.CC(C)NS(=O)(=O)c1ccc(-n2cncn2)cc1.CC(C)NS(=O)(=O)c1ccccc1.Cc1cc(-c2ccc(S(=O)(=O)NC(C)C)cc2)cc(C)n1. The maximum absolute atomic E-state index is 13.0. The number of sulfone groups is 3. The van der Waals surface area contributed by atoms with Crippen molar-refractivity contribution in [1.29, 1.82) is 0 Å². The molecule has 4 aromatic carbocycles. The average Bonchev–Trinajstić information content (AvgIpc) is 0.953. The quantitative estimate of drug-likeness (QED) is 0.0235. The lowest BCUT2D eigenvalue weighted by Crippen LogP contribution is -2.30. The van der Waals surface area contributed by atoms with Crippen molar-refractivity contribution < 1.29 is 80.7 Å². The van der Waals surface area contributed by atoms with Crippen LogP contribution < -0.4 is 18.9 Å². The maximum Gasteiger partial charge on any atom is 0.336 e. The van der Waals surface area contributed by atoms with E-state index < -0.39 is 103 Å². The highest BCUT2D eigenvalue weighted by atomic mass is 32.2. The van der Waals surface area contributed by atoms with E-state index >= 15 is 0 Å². The molecule has 110 heavy (non-hydrogen) atoms. The van der Waals surface area contributed by atoms with Gasteiger partial charge >= 0.3 is 5.76 Å². The van der Waals surface area contributed by atoms with Crippen LogP contribution in [0.15, 0.2) is 166 Å². The highest BCUT2D eigenvalue weighted by Crippen LogP contribution is 2.24. The number of nitrogens with one attached hydrogen (secondary N) is 4. The molecule has 0 saturated heterocycles. The molecule has 7 rings (SSSR count). The third-order valence-corrected chi connectivity index (χ3v) is 24.7. The first kappa shape index (κ1) is 110. The summed E-state index contributed by atoms with van der Waals surface area (Å²) in [7, 11) is -25.7. The number of hydrogen-bond donors (Lipinski definition) is 4. The highest BCUT2D eigenvalue weighted by molar-refractivity contribution is 7.99. The first-order valence-electron chi connectivity index (χ1n) is 33.4. The summed E-state index contributed by atoms with van der Waals surface area (Å²) in [5, 5.41) is 3.97. The van der Waals surface area contributed by atoms with E-state index in [1.165, 1.54) is 37.0 Å². The second-order valence-electron chi connectivity index (χ2n) is 27.4. The molecule has 628 valence electrons. The van der Waals surface area contributed by atoms with E-state index in [2.05, 4.69) is 44.8 Å². The molecule has 7 aromatic rings. The smallest absolute Gasteiger partial charge is 0.268 e. The van der Waals surface area contributed by atoms with Gasteiger partial charge in [-0.25, -0.2) is 96.9 Å². The van der Waals surface area contributed by atoms with Crippen LogP contribution in [-0.4, -0.2) is 165 Å². The standard InChI is InChI=1S/C16H20N2O2S.C14H15FN2O2S.C11H14N4O2S.C9H13NO2S.C6H14OS.C5H10F2O2S.C5H11FO2S.C5H12O2S.3CH4/c1-11(2)18-21(19,20)16-7-5-14(6-8-16)15-9-12(3)17-13(4)10-15;1-10(2)17-20(18,19)13-5-3-11(4-6-13)12-7-8-16-14(15)9-12;1-9(2)14-18(16,17)11-5-3-10(4-6-11)15-8-12-7-13-15;1-8(2)10-13(11,12)9-6-4-3-5-7-9;1-6(2)5-8(3,4)7;1-4(2)3-10(8,9)5(6)7;1-5(2)3-9(7,8)4-6;1-5(2)4-8(3,6)7;;;/h5-11,18H,1-4H3;3-10,17H,1-2H3;3-9,14H,1-2H3;3-8,10H,1-2H3;6H,3,5H2,1-2,4H3;4-5H,3H2,1-2H3;5H,3-4H2,1-2H3;5H,4H2,1-3H3;3*1H4. The molecule has 0 bridgehead atoms. The van der Waals surface area contributed by atoms with Gasteiger partial charge in [0.1, 0.15) is 22.5 Å². The van der Waals surface area contributed by atoms with E-state index in [4.69, 9.17) is 0 Å². The zero-order valence-corrected chi connectivity index (χ0v) is 71.0. The van der Waals surface area contributed by atoms with Gasteiger partial charge in [-0.1, -0.05) is 120 Å². The lowest BCUT2D eigenvalue weighted by atomic mass is 10.1. The Kier molecular flexibility index (Phi) is 50.6. The number of sulfonamides is 4. The highest BCUT2D eigenvalue weighted by Gasteiger charge is 2.25. The minimum absolute atomic E-state index is 0. The molecule has 0 spiro atoms. The number of alkyl halides is 3. The molecule has 4 N–H and O–H groups in total. The van der Waals surface area contributed by atoms with Crippen LogP contribution in [0.3, 0.4) is 0 Å². The molecule has 1 unspecified atom stereocenters. The second kappa shape index (κ2) is 50.6. The van der Waals surface area contributed by atoms with Gasteiger partial charge < -0.3 is 0 Å². The molecular formula is C74H121F4N9O15S8. The fraction of sp³-hybridized carbons (Fsp3) is 0.500. The summed E-state index contributed by atoms with van der Waals surface area (Å²) in [5.74, 6) is 0.834. The average molecular weight is 1710 g/mol. The summed E-state index contributed by atoms with van der Waals surface area (Å²) in [6.07, 6.45) is 7.30. The van der Waals surface area contributed by atoms with Crippen LogP contribution in [0.4, 0.5) is 17.6 Å². The minimum Gasteiger partial charge on any atom is -0.268 e. The van der Waals surface area contributed by atoms with E-state index in [1.54, 1.807) is 185 Å². The zero-order chi connectivity index (χ0) is 82.9. The maximum atomic E-state index is 13.0. The Hall–Kier alpha value is -6.45. The van der Waals surface area contributed by atoms with Crippen molar-refractivity contribution in [3.05, 3.63) is 164 Å². The molecule has 0 aliphatic rings. The normalized spacial score (nSPS) is 12.2. The van der Waals surface area contributed by atoms with Crippen molar-refractivity contribution in [3.8, 4) is 27.9 Å². The Morgan fingerprint density at radius 1 is 0.436 bits per heavy atom. The molecule has 1 atom stereocenters. The lowest BCUT2D eigenvalue weighted by Gasteiger charge is -2.10. The van der Waals surface area contributed by atoms with Crippen LogP contribution in [0.5, 0.6) is 0 Å². The number of benzene rings is 4. The third-order valence-electron chi connectivity index (χ3n) is 12.2. The Morgan fingerprint density at radius 3 is 1.04 bits per heavy atom. The third kappa shape index (κ3) is 48.5. The molecule has 0 aliphatic heterocycles. The number of hydrogen-bond acceptors (Lipinski definition) is 19. The molecule has 24 nitrogen and oxygen atoms in total. The van der Waals surface area contributed by atoms with Crippen LogP contribution in [0.2, 0.25) is 0 Å². The van der Waals surface area contributed by atoms with Gasteiger partial charge in [0.25, 0.3) is 0 Å². The van der Waals surface area contributed by atoms with Crippen molar-refractivity contribution in [1.82, 2.24) is 43.6 Å². The topological polar surface area (TPSA) is 361 Å². The summed E-state index contributed by atoms with van der Waals surface area (Å²) < 4.78 is 228. The monoisotopic (exact) mass is 1710 g/mol. The van der Waals surface area contributed by atoms with Gasteiger partial charge in [0.05, 0.1) is 42.5 Å². The van der Waals surface area contributed by atoms with Crippen molar-refractivity contribution >= 4 is 85.0 Å². The number of rotatable bonds is 25. The largest absolute Gasteiger partial charge is 0.336 e. The van der Waals surface area contributed by atoms with Gasteiger partial charge in [0, 0.05) is 66.1 Å². The van der Waals surface area contributed by atoms with Gasteiger partial charge in [-0.3, -0.25) is 9.19 Å². The zero-order valence-electron chi connectivity index (χ0n) is 64.4. The first-order valence-corrected chi connectivity index (χ1v) is 47.3. The van der Waals surface area contributed by atoms with Crippen molar-refractivity contribution in [2.24, 2.45) is 23.7 Å². The Labute approximate surface area is 657 Å². The van der Waals surface area contributed by atoms with Gasteiger partial charge in [0.2, 0.25) is 55.9 Å². The summed E-state index contributed by atoms with van der Waals surface area (Å²) in [5.41, 5.74) is 6.06. The van der Waals surface area contributed by atoms with E-state index in [9.17, 15) is 80.7 Å². The van der Waals surface area contributed by atoms with Gasteiger partial charge in [-0.2, -0.15) is 18.3 Å². The van der Waals surface area contributed by atoms with E-state index in [0.29, 0.717) is 22.1 Å². The summed E-state index contributed by atoms with van der Waals surface area (Å²) >= 11 is 0. The number of halogens is 4. The van der Waals surface area contributed by atoms with Crippen molar-refractivity contribution in [2.75, 3.05) is 41.5 Å². The predicted molar refractivity (Wildman–Crippen MR) is 443 cm³/mol. The van der Waals surface area contributed by atoms with Crippen molar-refractivity contribution in [2.45, 2.75) is 196 Å². The van der Waals surface area contributed by atoms with E-state index in [0.717, 1.165) is 39.5 Å². The van der Waals surface area contributed by atoms with Gasteiger partial charge in [0.15, 0.2) is 15.8 Å². The number of nitrogens with zero attached hydrogens (tertiary/aromatic N) is 5. The first-order chi connectivity index (χ1) is 48.8. The molecule has 3 aromatic heterocycles. The van der Waals surface area contributed by atoms with Crippen LogP contribution in [0.1, 0.15) is 144 Å². The molecule has 0 amide bonds. The molecule has 0 fully saturated rings. The minimum atomic E-state index is -4.13. The molecule has 0 aliphatic carbocycles. The fourth-order valence-corrected chi connectivity index (χ4v) is 18.7. The summed E-state index contributed by atoms with van der Waals surface area (Å²) in [6, 6.07) is 33.2. The fourth-order valence-electron chi connectivity index (χ4n) is 8.87. The summed E-state index contributed by atoms with van der Waals surface area (Å²) in [4.78, 5) is 12.7. The Balaban J connectivity index is -0.000000598. The van der Waals surface area contributed by atoms with Gasteiger partial charge in [-0.15, -0.1) is 0 Å². The van der Waals surface area contributed by atoms with Crippen LogP contribution in [-0.2, 0) is 79.1 Å².